The zero-order valence-electron chi connectivity index (χ0n) is 29.1. The van der Waals surface area contributed by atoms with Crippen LogP contribution in [0.25, 0.3) is 98.7 Å². The largest absolute Gasteiger partial charge is 0.456 e. The smallest absolute Gasteiger partial charge is 0.135 e. The molecule has 0 aliphatic carbocycles. The van der Waals surface area contributed by atoms with E-state index >= 15 is 0 Å². The van der Waals surface area contributed by atoms with Gasteiger partial charge in [0.1, 0.15) is 23.0 Å². The molecule has 2 nitrogen and oxygen atoms in total. The van der Waals surface area contributed by atoms with Crippen LogP contribution in [0.2, 0.25) is 0 Å². The van der Waals surface area contributed by atoms with Crippen LogP contribution < -0.4 is 9.47 Å². The number of fused-ring (bicyclic) bond motifs is 6. The Kier molecular flexibility index (Phi) is 6.09. The van der Waals surface area contributed by atoms with Crippen LogP contribution in [0, 0.1) is 0 Å². The first kappa shape index (κ1) is 29.4. The SMILES string of the molecule is c1ccc2c(c1)Oc1cccc3c(-c4ccc(-c5cccc6c(-c7ccc8c(c7)Oc7cccc9cccc-8c79)cccc56)c5ccccc45)ccc-2c13. The van der Waals surface area contributed by atoms with E-state index in [1.165, 1.54) is 76.6 Å². The van der Waals surface area contributed by atoms with E-state index in [-0.39, 0.29) is 0 Å². The number of ether oxygens (including phenoxy) is 2. The minimum absolute atomic E-state index is 0.892. The number of para-hydroxylation sites is 1. The van der Waals surface area contributed by atoms with Crippen molar-refractivity contribution >= 4 is 43.1 Å². The summed E-state index contributed by atoms with van der Waals surface area (Å²) in [7, 11) is 0. The molecule has 10 aromatic carbocycles. The molecule has 0 saturated heterocycles. The van der Waals surface area contributed by atoms with Crippen molar-refractivity contribution in [2.24, 2.45) is 0 Å². The average Bonchev–Trinajstić information content (AvgIpc) is 3.23. The monoisotopic (exact) mass is 686 g/mol. The Hall–Kier alpha value is -7.16. The third kappa shape index (κ3) is 4.17. The molecule has 0 unspecified atom stereocenters. The summed E-state index contributed by atoms with van der Waals surface area (Å²) in [5.41, 5.74) is 11.9. The number of rotatable bonds is 3. The van der Waals surface area contributed by atoms with Crippen LogP contribution in [0.1, 0.15) is 0 Å². The van der Waals surface area contributed by atoms with Crippen molar-refractivity contribution in [3.05, 3.63) is 182 Å². The molecule has 0 radical (unpaired) electrons. The molecule has 2 heterocycles. The highest BCUT2D eigenvalue weighted by molar-refractivity contribution is 6.16. The molecule has 2 heteroatoms. The third-order valence-electron chi connectivity index (χ3n) is 11.5. The minimum Gasteiger partial charge on any atom is -0.456 e. The van der Waals surface area contributed by atoms with E-state index in [2.05, 4.69) is 170 Å². The summed E-state index contributed by atoms with van der Waals surface area (Å²) in [5, 5.41) is 9.62. The van der Waals surface area contributed by atoms with Gasteiger partial charge in [-0.05, 0) is 107 Å². The Morgan fingerprint density at radius 1 is 0.241 bits per heavy atom. The third-order valence-corrected chi connectivity index (χ3v) is 11.5. The molecule has 0 saturated carbocycles. The molecule has 0 aromatic heterocycles. The van der Waals surface area contributed by atoms with E-state index in [9.17, 15) is 0 Å². The van der Waals surface area contributed by atoms with Crippen LogP contribution in [0.5, 0.6) is 23.0 Å². The summed E-state index contributed by atoms with van der Waals surface area (Å²) >= 11 is 0. The predicted octanol–water partition coefficient (Wildman–Crippen LogP) is 14.8. The molecule has 250 valence electrons. The van der Waals surface area contributed by atoms with Crippen molar-refractivity contribution in [1.29, 1.82) is 0 Å². The maximum absolute atomic E-state index is 6.57. The van der Waals surface area contributed by atoms with Gasteiger partial charge in [-0.25, -0.2) is 0 Å². The molecule has 0 spiro atoms. The second kappa shape index (κ2) is 11.2. The first-order valence-electron chi connectivity index (χ1n) is 18.5. The molecular formula is C52H30O2. The summed E-state index contributed by atoms with van der Waals surface area (Å²) in [6.45, 7) is 0. The van der Waals surface area contributed by atoms with Gasteiger partial charge in [0.15, 0.2) is 0 Å². The van der Waals surface area contributed by atoms with Crippen LogP contribution in [0.4, 0.5) is 0 Å². The summed E-state index contributed by atoms with van der Waals surface area (Å²) < 4.78 is 13.0. The van der Waals surface area contributed by atoms with Crippen molar-refractivity contribution in [2.75, 3.05) is 0 Å². The second-order valence-corrected chi connectivity index (χ2v) is 14.3. The standard InChI is InChI=1S/C52H30O2/c1-2-13-36-35(12-1)39(26-27-40(36)41-28-29-46-42-14-3-4-21-47(42)53-49-23-9-20-44(41)52(46)49)38-18-8-16-34-33(15-7-17-37(34)38)32-24-25-43-45-19-5-10-31-11-6-22-48(51(31)45)54-50(43)30-32/h1-30H. The van der Waals surface area contributed by atoms with E-state index in [1.807, 2.05) is 12.1 Å². The van der Waals surface area contributed by atoms with E-state index in [0.717, 1.165) is 45.1 Å². The molecule has 0 amide bonds. The summed E-state index contributed by atoms with van der Waals surface area (Å²) in [6, 6.07) is 65.6. The van der Waals surface area contributed by atoms with Gasteiger partial charge in [0.05, 0.1) is 0 Å². The van der Waals surface area contributed by atoms with E-state index in [1.54, 1.807) is 0 Å². The van der Waals surface area contributed by atoms with Crippen molar-refractivity contribution < 1.29 is 9.47 Å². The van der Waals surface area contributed by atoms with Gasteiger partial charge >= 0.3 is 0 Å². The molecule has 0 fully saturated rings. The topological polar surface area (TPSA) is 18.5 Å². The Morgan fingerprint density at radius 3 is 1.46 bits per heavy atom. The predicted molar refractivity (Wildman–Crippen MR) is 224 cm³/mol. The van der Waals surface area contributed by atoms with Crippen LogP contribution >= 0.6 is 0 Å². The molecule has 0 N–H and O–H groups in total. The van der Waals surface area contributed by atoms with Crippen LogP contribution in [0.15, 0.2) is 182 Å². The van der Waals surface area contributed by atoms with Crippen LogP contribution in [-0.4, -0.2) is 0 Å². The maximum atomic E-state index is 6.57. The lowest BCUT2D eigenvalue weighted by atomic mass is 9.86. The van der Waals surface area contributed by atoms with Gasteiger partial charge in [-0.3, -0.25) is 0 Å². The Morgan fingerprint density at radius 2 is 0.667 bits per heavy atom. The highest BCUT2D eigenvalue weighted by Crippen LogP contribution is 2.51. The van der Waals surface area contributed by atoms with Crippen molar-refractivity contribution in [3.8, 4) is 78.6 Å². The van der Waals surface area contributed by atoms with Crippen LogP contribution in [0.3, 0.4) is 0 Å². The lowest BCUT2D eigenvalue weighted by Crippen LogP contribution is -1.98. The lowest BCUT2D eigenvalue weighted by Gasteiger charge is -2.23. The first-order valence-corrected chi connectivity index (χ1v) is 18.5. The molecule has 2 aliphatic rings. The molecule has 10 aromatic rings. The molecule has 0 bridgehead atoms. The first-order chi connectivity index (χ1) is 26.8. The van der Waals surface area contributed by atoms with Gasteiger partial charge in [0, 0.05) is 21.9 Å². The van der Waals surface area contributed by atoms with E-state index < -0.39 is 0 Å². The van der Waals surface area contributed by atoms with Gasteiger partial charge in [-0.2, -0.15) is 0 Å². The molecule has 54 heavy (non-hydrogen) atoms. The molecular weight excluding hydrogens is 657 g/mol. The fraction of sp³-hybridized carbons (Fsp3) is 0. The van der Waals surface area contributed by atoms with Gasteiger partial charge in [0.25, 0.3) is 0 Å². The van der Waals surface area contributed by atoms with Crippen molar-refractivity contribution in [3.63, 3.8) is 0 Å². The second-order valence-electron chi connectivity index (χ2n) is 14.3. The van der Waals surface area contributed by atoms with Crippen molar-refractivity contribution in [1.82, 2.24) is 0 Å². The summed E-state index contributed by atoms with van der Waals surface area (Å²) in [6.07, 6.45) is 0. The Labute approximate surface area is 312 Å². The normalized spacial score (nSPS) is 12.4. The fourth-order valence-electron chi connectivity index (χ4n) is 9.11. The minimum atomic E-state index is 0.892. The summed E-state index contributed by atoms with van der Waals surface area (Å²) in [5.74, 6) is 3.61. The molecule has 12 rings (SSSR count). The van der Waals surface area contributed by atoms with Gasteiger partial charge in [0.2, 0.25) is 0 Å². The summed E-state index contributed by atoms with van der Waals surface area (Å²) in [4.78, 5) is 0. The quantitative estimate of drug-likeness (QED) is 0.184. The van der Waals surface area contributed by atoms with Crippen molar-refractivity contribution in [2.45, 2.75) is 0 Å². The van der Waals surface area contributed by atoms with Gasteiger partial charge in [-0.1, -0.05) is 152 Å². The average molecular weight is 687 g/mol. The maximum Gasteiger partial charge on any atom is 0.135 e. The Bertz CT molecular complexity index is 3220. The van der Waals surface area contributed by atoms with Gasteiger partial charge in [-0.15, -0.1) is 0 Å². The van der Waals surface area contributed by atoms with Gasteiger partial charge < -0.3 is 9.47 Å². The molecule has 0 atom stereocenters. The number of hydrogen-bond acceptors (Lipinski definition) is 2. The fourth-order valence-corrected chi connectivity index (χ4v) is 9.11. The number of benzene rings is 10. The van der Waals surface area contributed by atoms with Crippen LogP contribution in [-0.2, 0) is 0 Å². The van der Waals surface area contributed by atoms with E-state index in [4.69, 9.17) is 9.47 Å². The number of hydrogen-bond donors (Lipinski definition) is 0. The van der Waals surface area contributed by atoms with E-state index in [0.29, 0.717) is 0 Å². The zero-order valence-corrected chi connectivity index (χ0v) is 29.1. The lowest BCUT2D eigenvalue weighted by molar-refractivity contribution is 0.487. The highest BCUT2D eigenvalue weighted by atomic mass is 16.5. The molecule has 2 aliphatic heterocycles. The Balaban J connectivity index is 1.00. The highest BCUT2D eigenvalue weighted by Gasteiger charge is 2.23. The zero-order chi connectivity index (χ0) is 35.3.